The molecule has 42 heavy (non-hydrogen) atoms. The molecule has 0 spiro atoms. The summed E-state index contributed by atoms with van der Waals surface area (Å²) in [4.78, 5) is 4.77. The zero-order chi connectivity index (χ0) is 30.0. The Morgan fingerprint density at radius 1 is 1.00 bits per heavy atom. The highest BCUT2D eigenvalue weighted by molar-refractivity contribution is 7.88. The summed E-state index contributed by atoms with van der Waals surface area (Å²) in [5, 5.41) is 11.2. The smallest absolute Gasteiger partial charge is 0.304 e. The zero-order valence-corrected chi connectivity index (χ0v) is 25.3. The first-order chi connectivity index (χ1) is 20.1. The predicted octanol–water partition coefficient (Wildman–Crippen LogP) is 6.87. The third-order valence-electron chi connectivity index (χ3n) is 7.03. The minimum absolute atomic E-state index is 0.0408. The van der Waals surface area contributed by atoms with Gasteiger partial charge in [-0.1, -0.05) is 66.7 Å². The molecule has 0 saturated heterocycles. The van der Waals surface area contributed by atoms with Gasteiger partial charge in [-0.25, -0.2) is 0 Å². The van der Waals surface area contributed by atoms with Gasteiger partial charge in [-0.3, -0.25) is 14.2 Å². The van der Waals surface area contributed by atoms with Crippen LogP contribution in [-0.4, -0.2) is 32.9 Å². The lowest BCUT2D eigenvalue weighted by Crippen LogP contribution is -2.03. The van der Waals surface area contributed by atoms with Gasteiger partial charge in [-0.15, -0.1) is 11.3 Å². The normalized spacial score (nSPS) is 11.5. The van der Waals surface area contributed by atoms with Crippen LogP contribution in [0.4, 0.5) is 5.82 Å². The summed E-state index contributed by atoms with van der Waals surface area (Å²) in [5.74, 6) is 1.28. The zero-order valence-electron chi connectivity index (χ0n) is 23.7. The van der Waals surface area contributed by atoms with Crippen LogP contribution in [0.15, 0.2) is 80.8 Å². The third kappa shape index (κ3) is 5.98. The molecular formula is C31H31N5O4S2. The molecule has 4 aromatic heterocycles. The van der Waals surface area contributed by atoms with Crippen molar-refractivity contribution in [3.05, 3.63) is 100 Å². The van der Waals surface area contributed by atoms with E-state index in [2.05, 4.69) is 30.3 Å². The van der Waals surface area contributed by atoms with E-state index in [9.17, 15) is 13.0 Å². The van der Waals surface area contributed by atoms with Gasteiger partial charge < -0.3 is 10.3 Å². The average Bonchev–Trinajstić information content (AvgIpc) is 3.69. The maximum atomic E-state index is 11.7. The summed E-state index contributed by atoms with van der Waals surface area (Å²) in [6.07, 6.45) is 0.841. The van der Waals surface area contributed by atoms with Crippen LogP contribution in [0.5, 0.6) is 0 Å². The lowest BCUT2D eigenvalue weighted by molar-refractivity contribution is 0.399. The van der Waals surface area contributed by atoms with Crippen molar-refractivity contribution in [1.82, 2.24) is 19.9 Å². The first-order valence-corrected chi connectivity index (χ1v) is 15.6. The molecule has 6 aromatic rings. The molecule has 0 fully saturated rings. The van der Waals surface area contributed by atoms with E-state index in [1.54, 1.807) is 11.4 Å². The highest BCUT2D eigenvalue weighted by atomic mass is 32.3. The van der Waals surface area contributed by atoms with E-state index in [-0.39, 0.29) is 4.21 Å². The summed E-state index contributed by atoms with van der Waals surface area (Å²) in [7, 11) is -4.26. The molecule has 6 rings (SSSR count). The summed E-state index contributed by atoms with van der Waals surface area (Å²) in [5.41, 5.74) is 13.5. The molecule has 0 unspecified atom stereocenters. The number of hydrogen-bond donors (Lipinski definition) is 2. The molecule has 0 saturated carbocycles. The monoisotopic (exact) mass is 601 g/mol. The van der Waals surface area contributed by atoms with E-state index in [0.29, 0.717) is 17.9 Å². The van der Waals surface area contributed by atoms with Gasteiger partial charge in [-0.05, 0) is 55.8 Å². The molecule has 3 N–H and O–H groups in total. The number of nitrogens with zero attached hydrogens (tertiary/aromatic N) is 4. The van der Waals surface area contributed by atoms with Gasteiger partial charge in [0, 0.05) is 33.5 Å². The maximum absolute atomic E-state index is 11.7. The van der Waals surface area contributed by atoms with E-state index < -0.39 is 10.1 Å². The molecule has 0 atom stereocenters. The van der Waals surface area contributed by atoms with E-state index >= 15 is 0 Å². The largest absolute Gasteiger partial charge is 0.381 e. The Kier molecular flexibility index (Phi) is 8.26. The van der Waals surface area contributed by atoms with Gasteiger partial charge in [-0.2, -0.15) is 13.5 Å². The predicted molar refractivity (Wildman–Crippen MR) is 166 cm³/mol. The minimum atomic E-state index is -4.26. The number of aromatic nitrogens is 4. The number of benzene rings is 2. The SMILES string of the molecule is CCc1cc2c(c(C)n1)c(-c1ccccc1)nn2Cc1ccc(-c2ccsc2S(=O)(=O)O)cc1.Cc1onc(N)c1C. The molecule has 0 aliphatic heterocycles. The van der Waals surface area contributed by atoms with Crippen molar-refractivity contribution in [3.8, 4) is 22.4 Å². The second-order valence-electron chi connectivity index (χ2n) is 9.86. The van der Waals surface area contributed by atoms with Gasteiger partial charge in [0.15, 0.2) is 10.0 Å². The maximum Gasteiger partial charge on any atom is 0.304 e. The molecular weight excluding hydrogens is 571 g/mol. The Hall–Kier alpha value is -4.32. The number of thiophene rings is 1. The van der Waals surface area contributed by atoms with Crippen molar-refractivity contribution >= 4 is 38.2 Å². The number of nitrogen functional groups attached to an aromatic ring is 1. The highest BCUT2D eigenvalue weighted by Gasteiger charge is 2.19. The lowest BCUT2D eigenvalue weighted by atomic mass is 10.1. The summed E-state index contributed by atoms with van der Waals surface area (Å²) in [6, 6.07) is 21.6. The average molecular weight is 602 g/mol. The van der Waals surface area contributed by atoms with Crippen LogP contribution in [0.1, 0.15) is 35.2 Å². The fourth-order valence-corrected chi connectivity index (χ4v) is 6.40. The number of anilines is 1. The van der Waals surface area contributed by atoms with Crippen LogP contribution in [-0.2, 0) is 23.1 Å². The van der Waals surface area contributed by atoms with Crippen LogP contribution in [0.25, 0.3) is 33.3 Å². The topological polar surface area (TPSA) is 137 Å². The number of pyridine rings is 1. The highest BCUT2D eigenvalue weighted by Crippen LogP contribution is 2.33. The Bertz CT molecular complexity index is 1940. The fourth-order valence-electron chi connectivity index (χ4n) is 4.65. The van der Waals surface area contributed by atoms with Crippen LogP contribution < -0.4 is 5.73 Å². The molecule has 11 heteroatoms. The van der Waals surface area contributed by atoms with E-state index in [0.717, 1.165) is 73.8 Å². The van der Waals surface area contributed by atoms with E-state index in [1.165, 1.54) is 0 Å². The second-order valence-corrected chi connectivity index (χ2v) is 12.4. The summed E-state index contributed by atoms with van der Waals surface area (Å²) in [6.45, 7) is 8.39. The third-order valence-corrected chi connectivity index (χ3v) is 9.35. The van der Waals surface area contributed by atoms with Gasteiger partial charge >= 0.3 is 10.1 Å². The first kappa shape index (κ1) is 29.2. The molecule has 0 aliphatic carbocycles. The Morgan fingerprint density at radius 2 is 1.71 bits per heavy atom. The number of hydrogen-bond acceptors (Lipinski definition) is 8. The standard InChI is InChI=1S/C26H23N3O3S2.C5H8N2O/c1-3-21-15-23-24(17(2)27-21)25(20-7-5-4-6-8-20)28-29(23)16-18-9-11-19(12-10-18)22-13-14-33-26(22)34(30,31)32;1-3-4(2)8-7-5(3)6/h4-15H,3,16H2,1-2H3,(H,30,31,32);1-2H3,(H2,6,7). The fraction of sp³-hybridized carbons (Fsp3) is 0.194. The molecule has 4 heterocycles. The van der Waals surface area contributed by atoms with Crippen molar-refractivity contribution in [2.24, 2.45) is 0 Å². The molecule has 0 radical (unpaired) electrons. The number of aryl methyl sites for hydroxylation is 3. The van der Waals surface area contributed by atoms with E-state index in [4.69, 9.17) is 20.3 Å². The molecule has 0 aliphatic rings. The number of fused-ring (bicyclic) bond motifs is 1. The van der Waals surface area contributed by atoms with Crippen LogP contribution >= 0.6 is 11.3 Å². The number of rotatable bonds is 6. The molecule has 216 valence electrons. The van der Waals surface area contributed by atoms with Crippen molar-refractivity contribution in [1.29, 1.82) is 0 Å². The van der Waals surface area contributed by atoms with Gasteiger partial charge in [0.25, 0.3) is 0 Å². The summed E-state index contributed by atoms with van der Waals surface area (Å²) >= 11 is 1.01. The molecule has 0 amide bonds. The van der Waals surface area contributed by atoms with Gasteiger partial charge in [0.05, 0.1) is 12.1 Å². The summed E-state index contributed by atoms with van der Waals surface area (Å²) < 4.78 is 39.5. The first-order valence-electron chi connectivity index (χ1n) is 13.3. The lowest BCUT2D eigenvalue weighted by Gasteiger charge is -2.08. The van der Waals surface area contributed by atoms with Gasteiger partial charge in [0.1, 0.15) is 11.5 Å². The minimum Gasteiger partial charge on any atom is -0.381 e. The van der Waals surface area contributed by atoms with Crippen molar-refractivity contribution in [3.63, 3.8) is 0 Å². The molecule has 0 bridgehead atoms. The quantitative estimate of drug-likeness (QED) is 0.197. The van der Waals surface area contributed by atoms with Crippen molar-refractivity contribution < 1.29 is 17.5 Å². The second kappa shape index (κ2) is 11.9. The van der Waals surface area contributed by atoms with Crippen LogP contribution in [0.2, 0.25) is 0 Å². The van der Waals surface area contributed by atoms with Gasteiger partial charge in [0.2, 0.25) is 0 Å². The number of nitrogens with two attached hydrogens (primary N) is 1. The molecule has 9 nitrogen and oxygen atoms in total. The molecule has 2 aromatic carbocycles. The van der Waals surface area contributed by atoms with Crippen molar-refractivity contribution in [2.45, 2.75) is 44.9 Å². The van der Waals surface area contributed by atoms with Crippen LogP contribution in [0, 0.1) is 20.8 Å². The van der Waals surface area contributed by atoms with E-state index in [1.807, 2.05) is 67.9 Å². The Labute approximate surface area is 248 Å². The van der Waals surface area contributed by atoms with Crippen molar-refractivity contribution in [2.75, 3.05) is 5.73 Å². The Morgan fingerprint density at radius 3 is 2.29 bits per heavy atom. The van der Waals surface area contributed by atoms with Crippen LogP contribution in [0.3, 0.4) is 0 Å². The Balaban J connectivity index is 0.000000382.